The van der Waals surface area contributed by atoms with Crippen molar-refractivity contribution in [1.82, 2.24) is 0 Å². The van der Waals surface area contributed by atoms with Crippen molar-refractivity contribution in [3.8, 4) is 11.5 Å². The number of hydrogen-bond acceptors (Lipinski definition) is 4. The van der Waals surface area contributed by atoms with E-state index in [2.05, 4.69) is 9.98 Å². The number of rotatable bonds is 10. The van der Waals surface area contributed by atoms with Gasteiger partial charge in [-0.2, -0.15) is 17.6 Å². The summed E-state index contributed by atoms with van der Waals surface area (Å²) in [6, 6.07) is 12.0. The van der Waals surface area contributed by atoms with Gasteiger partial charge in [0.25, 0.3) is 0 Å². The molecule has 2 rings (SSSR count). The third-order valence-electron chi connectivity index (χ3n) is 4.12. The molecule has 0 aliphatic rings. The van der Waals surface area contributed by atoms with Gasteiger partial charge >= 0.3 is 11.8 Å². The Hall–Kier alpha value is -2.58. The average Bonchev–Trinajstić information content (AvgIpc) is 2.77. The standard InChI is InChI=1S/C22H20Cl2F4N2O2/c1-31-17-9-5-15(6-10-17)29-19(23)21(25,26)13-3-4-14-22(27,28)20(24)30-16-7-11-18(32-2)12-8-16/h3-12H,13-14H2,1-2H3/b4-3+,29-19?,30-20?. The fourth-order valence-electron chi connectivity index (χ4n) is 2.33. The first kappa shape index (κ1) is 25.7. The van der Waals surface area contributed by atoms with Gasteiger partial charge in [0.2, 0.25) is 0 Å². The lowest BCUT2D eigenvalue weighted by Gasteiger charge is -2.14. The summed E-state index contributed by atoms with van der Waals surface area (Å²) in [6.45, 7) is 0. The van der Waals surface area contributed by atoms with Crippen molar-refractivity contribution in [2.45, 2.75) is 24.7 Å². The lowest BCUT2D eigenvalue weighted by molar-refractivity contribution is 0.0799. The average molecular weight is 491 g/mol. The van der Waals surface area contributed by atoms with E-state index in [1.807, 2.05) is 0 Å². The number of halogens is 6. The third kappa shape index (κ3) is 7.53. The number of benzene rings is 2. The fraction of sp³-hybridized carbons (Fsp3) is 0.273. The van der Waals surface area contributed by atoms with Crippen LogP contribution in [0, 0.1) is 0 Å². The highest BCUT2D eigenvalue weighted by Crippen LogP contribution is 2.30. The molecule has 0 N–H and O–H groups in total. The van der Waals surface area contributed by atoms with Crippen molar-refractivity contribution in [3.63, 3.8) is 0 Å². The van der Waals surface area contributed by atoms with E-state index in [0.717, 1.165) is 12.2 Å². The minimum Gasteiger partial charge on any atom is -0.497 e. The van der Waals surface area contributed by atoms with Crippen molar-refractivity contribution >= 4 is 44.9 Å². The molecule has 2 aromatic carbocycles. The minimum atomic E-state index is -3.53. The highest BCUT2D eigenvalue weighted by molar-refractivity contribution is 6.67. The van der Waals surface area contributed by atoms with Crippen LogP contribution in [0.25, 0.3) is 0 Å². The summed E-state index contributed by atoms with van der Waals surface area (Å²) < 4.78 is 66.7. The Kier molecular flexibility index (Phi) is 9.09. The monoisotopic (exact) mass is 490 g/mol. The Bertz CT molecular complexity index is 897. The molecule has 0 unspecified atom stereocenters. The summed E-state index contributed by atoms with van der Waals surface area (Å²) in [5.74, 6) is -6.00. The summed E-state index contributed by atoms with van der Waals surface area (Å²) >= 11 is 11.3. The van der Waals surface area contributed by atoms with Crippen molar-refractivity contribution in [1.29, 1.82) is 0 Å². The van der Waals surface area contributed by atoms with Crippen LogP contribution in [0.4, 0.5) is 28.9 Å². The quantitative estimate of drug-likeness (QED) is 0.196. The Labute approximate surface area is 193 Å². The molecule has 0 spiro atoms. The Morgan fingerprint density at radius 2 is 1.03 bits per heavy atom. The lowest BCUT2D eigenvalue weighted by Crippen LogP contribution is -2.24. The van der Waals surface area contributed by atoms with Gasteiger partial charge in [-0.15, -0.1) is 0 Å². The van der Waals surface area contributed by atoms with Crippen LogP contribution in [0.15, 0.2) is 70.7 Å². The molecule has 0 aromatic heterocycles. The van der Waals surface area contributed by atoms with Crippen molar-refractivity contribution < 1.29 is 27.0 Å². The van der Waals surface area contributed by atoms with E-state index in [0.29, 0.717) is 11.5 Å². The molecule has 0 atom stereocenters. The van der Waals surface area contributed by atoms with Crippen LogP contribution in [0.2, 0.25) is 0 Å². The molecule has 10 heteroatoms. The molecule has 0 saturated carbocycles. The Morgan fingerprint density at radius 1 is 0.719 bits per heavy atom. The summed E-state index contributed by atoms with van der Waals surface area (Å²) in [7, 11) is 2.93. The largest absolute Gasteiger partial charge is 0.497 e. The molecule has 0 radical (unpaired) electrons. The lowest BCUT2D eigenvalue weighted by atomic mass is 10.2. The molecule has 0 aliphatic heterocycles. The van der Waals surface area contributed by atoms with Gasteiger partial charge in [-0.05, 0) is 48.5 Å². The van der Waals surface area contributed by atoms with Gasteiger partial charge in [-0.25, -0.2) is 9.98 Å². The van der Waals surface area contributed by atoms with Gasteiger partial charge < -0.3 is 9.47 Å². The van der Waals surface area contributed by atoms with Gasteiger partial charge in [-0.1, -0.05) is 35.4 Å². The highest BCUT2D eigenvalue weighted by Gasteiger charge is 2.35. The number of hydrogen-bond donors (Lipinski definition) is 0. The number of allylic oxidation sites excluding steroid dienone is 2. The molecule has 2 aromatic rings. The smallest absolute Gasteiger partial charge is 0.303 e. The topological polar surface area (TPSA) is 43.2 Å². The number of ether oxygens (including phenoxy) is 2. The number of nitrogens with zero attached hydrogens (tertiary/aromatic N) is 2. The van der Waals surface area contributed by atoms with Gasteiger partial charge in [0.15, 0.2) is 10.3 Å². The van der Waals surface area contributed by atoms with E-state index in [-0.39, 0.29) is 11.4 Å². The van der Waals surface area contributed by atoms with Gasteiger partial charge in [0.05, 0.1) is 25.6 Å². The molecule has 0 aliphatic carbocycles. The Balaban J connectivity index is 1.98. The van der Waals surface area contributed by atoms with Crippen molar-refractivity contribution in [2.24, 2.45) is 9.98 Å². The first-order valence-corrected chi connectivity index (χ1v) is 10.0. The fourth-order valence-corrected chi connectivity index (χ4v) is 2.68. The van der Waals surface area contributed by atoms with Crippen LogP contribution in [-0.2, 0) is 0 Å². The maximum atomic E-state index is 14.2. The Morgan fingerprint density at radius 3 is 1.31 bits per heavy atom. The summed E-state index contributed by atoms with van der Waals surface area (Å²) in [5, 5.41) is -1.92. The van der Waals surface area contributed by atoms with Crippen LogP contribution < -0.4 is 9.47 Å². The second kappa shape index (κ2) is 11.3. The number of methoxy groups -OCH3 is 2. The third-order valence-corrected chi connectivity index (χ3v) is 4.84. The number of aliphatic imine (C=N–C) groups is 2. The zero-order valence-corrected chi connectivity index (χ0v) is 18.7. The highest BCUT2D eigenvalue weighted by atomic mass is 35.5. The summed E-state index contributed by atoms with van der Waals surface area (Å²) in [5.41, 5.74) is 0.403. The molecule has 4 nitrogen and oxygen atoms in total. The molecular weight excluding hydrogens is 471 g/mol. The minimum absolute atomic E-state index is 0.201. The van der Waals surface area contributed by atoms with Crippen LogP contribution in [0.5, 0.6) is 11.5 Å². The van der Waals surface area contributed by atoms with E-state index < -0.39 is 35.0 Å². The van der Waals surface area contributed by atoms with Crippen LogP contribution in [-0.4, -0.2) is 36.4 Å². The SMILES string of the molecule is COc1ccc(N=C(Cl)C(F)(F)C/C=C/CC(F)(F)C(Cl)=Nc2ccc(OC)cc2)cc1. The van der Waals surface area contributed by atoms with E-state index in [1.54, 1.807) is 24.3 Å². The molecule has 0 bridgehead atoms. The van der Waals surface area contributed by atoms with Crippen molar-refractivity contribution in [2.75, 3.05) is 14.2 Å². The van der Waals surface area contributed by atoms with E-state index in [9.17, 15) is 17.6 Å². The first-order chi connectivity index (χ1) is 15.1. The second-order valence-corrected chi connectivity index (χ2v) is 7.21. The van der Waals surface area contributed by atoms with E-state index in [4.69, 9.17) is 32.7 Å². The molecule has 0 amide bonds. The van der Waals surface area contributed by atoms with E-state index in [1.165, 1.54) is 38.5 Å². The molecule has 0 heterocycles. The second-order valence-electron chi connectivity index (χ2n) is 6.49. The van der Waals surface area contributed by atoms with Gasteiger partial charge in [0.1, 0.15) is 11.5 Å². The summed E-state index contributed by atoms with van der Waals surface area (Å²) in [4.78, 5) is 7.33. The summed E-state index contributed by atoms with van der Waals surface area (Å²) in [6.07, 6.45) is -0.0155. The molecule has 32 heavy (non-hydrogen) atoms. The molecule has 0 fully saturated rings. The maximum Gasteiger partial charge on any atom is 0.303 e. The van der Waals surface area contributed by atoms with Crippen LogP contribution in [0.3, 0.4) is 0 Å². The maximum absolute atomic E-state index is 14.2. The van der Waals surface area contributed by atoms with Gasteiger partial charge in [0, 0.05) is 12.8 Å². The predicted molar refractivity (Wildman–Crippen MR) is 120 cm³/mol. The molecule has 172 valence electrons. The number of alkyl halides is 4. The zero-order chi connectivity index (χ0) is 23.8. The van der Waals surface area contributed by atoms with E-state index >= 15 is 0 Å². The first-order valence-electron chi connectivity index (χ1n) is 9.25. The van der Waals surface area contributed by atoms with Crippen LogP contribution in [0.1, 0.15) is 12.8 Å². The predicted octanol–water partition coefficient (Wildman–Crippen LogP) is 7.55. The molecule has 0 saturated heterocycles. The van der Waals surface area contributed by atoms with Gasteiger partial charge in [-0.3, -0.25) is 0 Å². The molecular formula is C22H20Cl2F4N2O2. The zero-order valence-electron chi connectivity index (χ0n) is 17.2. The van der Waals surface area contributed by atoms with Crippen LogP contribution >= 0.6 is 23.2 Å². The normalized spacial score (nSPS) is 13.5. The van der Waals surface area contributed by atoms with Crippen molar-refractivity contribution in [3.05, 3.63) is 60.7 Å².